The number of aliphatic hydroxyl groups excluding tert-OH is 1. The molecule has 1 aromatic carbocycles. The van der Waals surface area contributed by atoms with E-state index in [1.807, 2.05) is 35.7 Å². The van der Waals surface area contributed by atoms with E-state index in [1.54, 1.807) is 48.9 Å². The third-order valence-electron chi connectivity index (χ3n) is 4.43. The number of carbonyl (C=O) groups excluding carboxylic acids is 1. The number of ether oxygens (including phenoxy) is 1. The molecule has 0 saturated heterocycles. The van der Waals surface area contributed by atoms with Crippen molar-refractivity contribution in [2.24, 2.45) is 0 Å². The first kappa shape index (κ1) is 20.0. The molecule has 6 nitrogen and oxygen atoms in total. The monoisotopic (exact) mass is 397 g/mol. The van der Waals surface area contributed by atoms with Gasteiger partial charge in [-0.15, -0.1) is 11.3 Å². The first-order valence-corrected chi connectivity index (χ1v) is 9.85. The molecule has 3 rings (SSSR count). The molecule has 2 heterocycles. The van der Waals surface area contributed by atoms with Crippen LogP contribution in [0.5, 0.6) is 5.75 Å². The number of hydrogen-bond donors (Lipinski definition) is 1. The van der Waals surface area contributed by atoms with Gasteiger partial charge in [-0.3, -0.25) is 9.78 Å². The molecule has 146 valence electrons. The minimum atomic E-state index is -0.762. The highest BCUT2D eigenvalue weighted by Crippen LogP contribution is 2.24. The molecule has 0 aliphatic carbocycles. The van der Waals surface area contributed by atoms with Crippen molar-refractivity contribution in [1.29, 1.82) is 0 Å². The second-order valence-corrected chi connectivity index (χ2v) is 7.30. The minimum Gasteiger partial charge on any atom is -0.497 e. The number of pyridine rings is 1. The van der Waals surface area contributed by atoms with Crippen LogP contribution in [0.25, 0.3) is 10.6 Å². The summed E-state index contributed by atoms with van der Waals surface area (Å²) in [6, 6.07) is 11.1. The Labute approximate surface area is 168 Å². The summed E-state index contributed by atoms with van der Waals surface area (Å²) < 4.78 is 5.18. The van der Waals surface area contributed by atoms with Gasteiger partial charge in [0.2, 0.25) is 5.91 Å². The number of hydrogen-bond acceptors (Lipinski definition) is 6. The van der Waals surface area contributed by atoms with Gasteiger partial charge in [0, 0.05) is 36.8 Å². The molecule has 0 radical (unpaired) electrons. The van der Waals surface area contributed by atoms with E-state index in [0.717, 1.165) is 21.8 Å². The van der Waals surface area contributed by atoms with Gasteiger partial charge in [-0.1, -0.05) is 12.1 Å². The molecule has 1 unspecified atom stereocenters. The number of benzene rings is 1. The van der Waals surface area contributed by atoms with Crippen molar-refractivity contribution in [3.8, 4) is 16.3 Å². The van der Waals surface area contributed by atoms with Gasteiger partial charge >= 0.3 is 0 Å². The standard InChI is InChI=1S/C21H23N3O3S/c1-24(13-19(25)16-4-3-5-18(12-16)27-2)20(26)7-6-17-14-28-21(23-17)15-8-10-22-11-9-15/h3-5,8-12,14,19,25H,6-7,13H2,1-2H3. The van der Waals surface area contributed by atoms with Gasteiger partial charge in [0.1, 0.15) is 10.8 Å². The van der Waals surface area contributed by atoms with Crippen molar-refractivity contribution in [3.05, 3.63) is 65.4 Å². The fourth-order valence-corrected chi connectivity index (χ4v) is 3.65. The minimum absolute atomic E-state index is 0.0274. The highest BCUT2D eigenvalue weighted by atomic mass is 32.1. The largest absolute Gasteiger partial charge is 0.497 e. The van der Waals surface area contributed by atoms with Gasteiger partial charge in [-0.25, -0.2) is 4.98 Å². The number of likely N-dealkylation sites (N-methyl/N-ethyl adjacent to an activating group) is 1. The highest BCUT2D eigenvalue weighted by Gasteiger charge is 2.16. The lowest BCUT2D eigenvalue weighted by atomic mass is 10.1. The second kappa shape index (κ2) is 9.43. The summed E-state index contributed by atoms with van der Waals surface area (Å²) in [7, 11) is 3.29. The van der Waals surface area contributed by atoms with E-state index in [1.165, 1.54) is 0 Å². The molecule has 1 amide bonds. The zero-order chi connectivity index (χ0) is 19.9. The van der Waals surface area contributed by atoms with Gasteiger partial charge in [0.25, 0.3) is 0 Å². The molecule has 7 heteroatoms. The lowest BCUT2D eigenvalue weighted by Crippen LogP contribution is -2.31. The van der Waals surface area contributed by atoms with Gasteiger partial charge in [0.15, 0.2) is 0 Å². The van der Waals surface area contributed by atoms with Crippen LogP contribution in [0.4, 0.5) is 0 Å². The molecule has 3 aromatic rings. The summed E-state index contributed by atoms with van der Waals surface area (Å²) in [4.78, 5) is 22.6. The Balaban J connectivity index is 1.52. The molecule has 0 aliphatic heterocycles. The third kappa shape index (κ3) is 5.15. The Hall–Kier alpha value is -2.77. The summed E-state index contributed by atoms with van der Waals surface area (Å²) in [5.41, 5.74) is 2.64. The van der Waals surface area contributed by atoms with E-state index in [-0.39, 0.29) is 12.5 Å². The smallest absolute Gasteiger partial charge is 0.222 e. The molecular formula is C21H23N3O3S. The van der Waals surface area contributed by atoms with Gasteiger partial charge in [-0.05, 0) is 36.2 Å². The van der Waals surface area contributed by atoms with E-state index < -0.39 is 6.10 Å². The topological polar surface area (TPSA) is 75.6 Å². The van der Waals surface area contributed by atoms with Crippen molar-refractivity contribution >= 4 is 17.2 Å². The zero-order valence-corrected chi connectivity index (χ0v) is 16.7. The Kier molecular flexibility index (Phi) is 6.73. The van der Waals surface area contributed by atoms with Gasteiger partial charge in [0.05, 0.1) is 25.5 Å². The summed E-state index contributed by atoms with van der Waals surface area (Å²) in [6.07, 6.45) is 3.63. The van der Waals surface area contributed by atoms with Crippen LogP contribution < -0.4 is 4.74 Å². The summed E-state index contributed by atoms with van der Waals surface area (Å²) in [5.74, 6) is 0.652. The van der Waals surface area contributed by atoms with Crippen LogP contribution in [0.3, 0.4) is 0 Å². The van der Waals surface area contributed by atoms with Gasteiger partial charge in [-0.2, -0.15) is 0 Å². The number of amides is 1. The number of rotatable bonds is 8. The molecule has 0 fully saturated rings. The SMILES string of the molecule is COc1cccc(C(O)CN(C)C(=O)CCc2csc(-c3ccncc3)n2)c1. The predicted octanol–water partition coefficient (Wildman–Crippen LogP) is 3.34. The van der Waals surface area contributed by atoms with E-state index in [9.17, 15) is 9.90 Å². The lowest BCUT2D eigenvalue weighted by Gasteiger charge is -2.21. The van der Waals surface area contributed by atoms with Crippen LogP contribution in [-0.4, -0.2) is 46.6 Å². The maximum atomic E-state index is 12.4. The second-order valence-electron chi connectivity index (χ2n) is 6.45. The van der Waals surface area contributed by atoms with Crippen LogP contribution in [-0.2, 0) is 11.2 Å². The average molecular weight is 398 g/mol. The predicted molar refractivity (Wildman–Crippen MR) is 109 cm³/mol. The Morgan fingerprint density at radius 2 is 2.07 bits per heavy atom. The van der Waals surface area contributed by atoms with E-state index in [0.29, 0.717) is 18.6 Å². The van der Waals surface area contributed by atoms with Crippen LogP contribution in [0, 0.1) is 0 Å². The third-order valence-corrected chi connectivity index (χ3v) is 5.37. The molecule has 0 spiro atoms. The first-order chi connectivity index (χ1) is 13.6. The number of aryl methyl sites for hydroxylation is 1. The number of thiazole rings is 1. The average Bonchev–Trinajstić information content (AvgIpc) is 3.21. The Bertz CT molecular complexity index is 914. The zero-order valence-electron chi connectivity index (χ0n) is 15.9. The fraction of sp³-hybridized carbons (Fsp3) is 0.286. The molecule has 28 heavy (non-hydrogen) atoms. The maximum absolute atomic E-state index is 12.4. The summed E-state index contributed by atoms with van der Waals surface area (Å²) >= 11 is 1.56. The van der Waals surface area contributed by atoms with Gasteiger partial charge < -0.3 is 14.7 Å². The van der Waals surface area contributed by atoms with Crippen molar-refractivity contribution in [1.82, 2.24) is 14.9 Å². The number of methoxy groups -OCH3 is 1. The van der Waals surface area contributed by atoms with Crippen LogP contribution in [0.15, 0.2) is 54.2 Å². The molecule has 1 atom stereocenters. The van der Waals surface area contributed by atoms with Crippen LogP contribution in [0.1, 0.15) is 23.8 Å². The van der Waals surface area contributed by atoms with E-state index in [4.69, 9.17) is 4.74 Å². The molecule has 1 N–H and O–H groups in total. The summed E-state index contributed by atoms with van der Waals surface area (Å²) in [5, 5.41) is 13.3. The number of nitrogens with zero attached hydrogens (tertiary/aromatic N) is 3. The quantitative estimate of drug-likeness (QED) is 0.631. The normalized spacial score (nSPS) is 11.8. The molecular weight excluding hydrogens is 374 g/mol. The Morgan fingerprint density at radius 1 is 1.29 bits per heavy atom. The van der Waals surface area contributed by atoms with Crippen LogP contribution in [0.2, 0.25) is 0 Å². The molecule has 2 aromatic heterocycles. The highest BCUT2D eigenvalue weighted by molar-refractivity contribution is 7.13. The van der Waals surface area contributed by atoms with Crippen LogP contribution >= 0.6 is 11.3 Å². The number of carbonyl (C=O) groups is 1. The summed E-state index contributed by atoms with van der Waals surface area (Å²) in [6.45, 7) is 0.228. The number of aliphatic hydroxyl groups is 1. The molecule has 0 aliphatic rings. The molecule has 0 bridgehead atoms. The van der Waals surface area contributed by atoms with E-state index in [2.05, 4.69) is 9.97 Å². The number of aromatic nitrogens is 2. The van der Waals surface area contributed by atoms with Crippen molar-refractivity contribution in [3.63, 3.8) is 0 Å². The maximum Gasteiger partial charge on any atom is 0.222 e. The first-order valence-electron chi connectivity index (χ1n) is 8.97. The Morgan fingerprint density at radius 3 is 2.82 bits per heavy atom. The fourth-order valence-electron chi connectivity index (χ4n) is 2.79. The van der Waals surface area contributed by atoms with E-state index >= 15 is 0 Å². The van der Waals surface area contributed by atoms with Crippen molar-refractivity contribution in [2.75, 3.05) is 20.7 Å². The lowest BCUT2D eigenvalue weighted by molar-refractivity contribution is -0.131. The van der Waals surface area contributed by atoms with Crippen molar-refractivity contribution < 1.29 is 14.6 Å². The van der Waals surface area contributed by atoms with Crippen molar-refractivity contribution in [2.45, 2.75) is 18.9 Å². The molecule has 0 saturated carbocycles.